The van der Waals surface area contributed by atoms with Gasteiger partial charge in [-0.3, -0.25) is 0 Å². The third kappa shape index (κ3) is 2.44. The summed E-state index contributed by atoms with van der Waals surface area (Å²) in [5, 5.41) is 5.45. The van der Waals surface area contributed by atoms with Gasteiger partial charge in [0.2, 0.25) is 0 Å². The molecule has 100 valence electrons. The van der Waals surface area contributed by atoms with Crippen LogP contribution in [0.3, 0.4) is 0 Å². The molecule has 0 unspecified atom stereocenters. The van der Waals surface area contributed by atoms with Crippen molar-refractivity contribution >= 4 is 17.3 Å². The van der Waals surface area contributed by atoms with Crippen LogP contribution in [0.25, 0.3) is 0 Å². The van der Waals surface area contributed by atoms with Gasteiger partial charge in [-0.1, -0.05) is 0 Å². The van der Waals surface area contributed by atoms with Crippen LogP contribution in [0.2, 0.25) is 0 Å². The molecule has 2 aromatic rings. The molecule has 7 heteroatoms. The standard InChI is InChI=1S/C12H11F3N4/c1-6-11(16-2)17-5-18-12(6)19-8-4-3-7(13)9(14)10(8)15/h3-5H,1-2H3,(H2,16,17,18,19). The molecule has 2 N–H and O–H groups in total. The number of hydrogen-bond acceptors (Lipinski definition) is 4. The van der Waals surface area contributed by atoms with E-state index in [1.165, 1.54) is 6.33 Å². The van der Waals surface area contributed by atoms with E-state index < -0.39 is 17.5 Å². The average molecular weight is 268 g/mol. The van der Waals surface area contributed by atoms with Crippen LogP contribution in [0, 0.1) is 24.4 Å². The Hall–Kier alpha value is -2.31. The van der Waals surface area contributed by atoms with E-state index in [1.807, 2.05) is 0 Å². The van der Waals surface area contributed by atoms with Gasteiger partial charge in [-0.15, -0.1) is 0 Å². The molecule has 0 aliphatic carbocycles. The molecule has 19 heavy (non-hydrogen) atoms. The van der Waals surface area contributed by atoms with Crippen molar-refractivity contribution in [3.05, 3.63) is 41.5 Å². The van der Waals surface area contributed by atoms with Gasteiger partial charge in [-0.05, 0) is 19.1 Å². The maximum Gasteiger partial charge on any atom is 0.196 e. The van der Waals surface area contributed by atoms with Crippen molar-refractivity contribution in [2.24, 2.45) is 0 Å². The van der Waals surface area contributed by atoms with Crippen molar-refractivity contribution in [3.63, 3.8) is 0 Å². The van der Waals surface area contributed by atoms with E-state index in [0.717, 1.165) is 12.1 Å². The van der Waals surface area contributed by atoms with Gasteiger partial charge < -0.3 is 10.6 Å². The van der Waals surface area contributed by atoms with Crippen molar-refractivity contribution in [1.29, 1.82) is 0 Å². The van der Waals surface area contributed by atoms with Crippen LogP contribution >= 0.6 is 0 Å². The van der Waals surface area contributed by atoms with Crippen LogP contribution < -0.4 is 10.6 Å². The first-order valence-corrected chi connectivity index (χ1v) is 5.44. The molecule has 0 bridgehead atoms. The molecule has 0 spiro atoms. The zero-order valence-corrected chi connectivity index (χ0v) is 10.3. The average Bonchev–Trinajstić information content (AvgIpc) is 2.41. The predicted molar refractivity (Wildman–Crippen MR) is 65.9 cm³/mol. The van der Waals surface area contributed by atoms with Gasteiger partial charge in [0.15, 0.2) is 17.5 Å². The Morgan fingerprint density at radius 3 is 2.37 bits per heavy atom. The molecule has 1 aromatic carbocycles. The minimum atomic E-state index is -1.52. The minimum absolute atomic E-state index is 0.192. The third-order valence-corrected chi connectivity index (χ3v) is 2.61. The van der Waals surface area contributed by atoms with Gasteiger partial charge >= 0.3 is 0 Å². The highest BCUT2D eigenvalue weighted by atomic mass is 19.2. The summed E-state index contributed by atoms with van der Waals surface area (Å²) in [6, 6.07) is 1.95. The Balaban J connectivity index is 2.39. The molecule has 0 atom stereocenters. The van der Waals surface area contributed by atoms with Crippen LogP contribution in [0.5, 0.6) is 0 Å². The quantitative estimate of drug-likeness (QED) is 0.840. The van der Waals surface area contributed by atoms with E-state index in [4.69, 9.17) is 0 Å². The summed E-state index contributed by atoms with van der Waals surface area (Å²) in [4.78, 5) is 7.89. The van der Waals surface area contributed by atoms with Crippen molar-refractivity contribution in [2.45, 2.75) is 6.92 Å². The lowest BCUT2D eigenvalue weighted by Gasteiger charge is -2.11. The SMILES string of the molecule is CNc1ncnc(Nc2ccc(F)c(F)c2F)c1C. The van der Waals surface area contributed by atoms with Crippen LogP contribution in [-0.4, -0.2) is 17.0 Å². The summed E-state index contributed by atoms with van der Waals surface area (Å²) in [6.07, 6.45) is 1.28. The van der Waals surface area contributed by atoms with Crippen molar-refractivity contribution < 1.29 is 13.2 Å². The van der Waals surface area contributed by atoms with Crippen LogP contribution in [0.1, 0.15) is 5.56 Å². The summed E-state index contributed by atoms with van der Waals surface area (Å²) >= 11 is 0. The molecular weight excluding hydrogens is 257 g/mol. The first-order valence-electron chi connectivity index (χ1n) is 5.44. The maximum absolute atomic E-state index is 13.5. The van der Waals surface area contributed by atoms with Crippen molar-refractivity contribution in [3.8, 4) is 0 Å². The fourth-order valence-electron chi connectivity index (χ4n) is 1.58. The lowest BCUT2D eigenvalue weighted by Crippen LogP contribution is -2.04. The van der Waals surface area contributed by atoms with E-state index in [0.29, 0.717) is 17.2 Å². The van der Waals surface area contributed by atoms with Crippen LogP contribution in [0.15, 0.2) is 18.5 Å². The Morgan fingerprint density at radius 2 is 1.68 bits per heavy atom. The molecular formula is C12H11F3N4. The van der Waals surface area contributed by atoms with Gasteiger partial charge in [0, 0.05) is 12.6 Å². The summed E-state index contributed by atoms with van der Waals surface area (Å²) in [7, 11) is 1.68. The van der Waals surface area contributed by atoms with E-state index in [9.17, 15) is 13.2 Å². The highest BCUT2D eigenvalue weighted by molar-refractivity contribution is 5.64. The molecule has 0 saturated heterocycles. The zero-order chi connectivity index (χ0) is 14.0. The first-order chi connectivity index (χ1) is 9.04. The maximum atomic E-state index is 13.5. The Kier molecular flexibility index (Phi) is 3.55. The second kappa shape index (κ2) is 5.13. The van der Waals surface area contributed by atoms with Crippen LogP contribution in [0.4, 0.5) is 30.5 Å². The number of hydrogen-bond donors (Lipinski definition) is 2. The number of nitrogens with one attached hydrogen (secondary N) is 2. The Morgan fingerprint density at radius 1 is 1.00 bits per heavy atom. The monoisotopic (exact) mass is 268 g/mol. The van der Waals surface area contributed by atoms with Gasteiger partial charge in [0.25, 0.3) is 0 Å². The van der Waals surface area contributed by atoms with Gasteiger partial charge in [-0.25, -0.2) is 23.1 Å². The van der Waals surface area contributed by atoms with Gasteiger partial charge in [-0.2, -0.15) is 0 Å². The lowest BCUT2D eigenvalue weighted by molar-refractivity contribution is 0.449. The molecule has 0 fully saturated rings. The molecule has 0 amide bonds. The summed E-state index contributed by atoms with van der Waals surface area (Å²) in [5.74, 6) is -3.18. The third-order valence-electron chi connectivity index (χ3n) is 2.61. The minimum Gasteiger partial charge on any atom is -0.373 e. The molecule has 1 heterocycles. The summed E-state index contributed by atoms with van der Waals surface area (Å²) in [5.41, 5.74) is 0.442. The highest BCUT2D eigenvalue weighted by Crippen LogP contribution is 2.25. The second-order valence-corrected chi connectivity index (χ2v) is 3.79. The number of rotatable bonds is 3. The Bertz CT molecular complexity index is 616. The first kappa shape index (κ1) is 13.1. The van der Waals surface area contributed by atoms with Gasteiger partial charge in [0.1, 0.15) is 18.0 Å². The largest absolute Gasteiger partial charge is 0.373 e. The molecule has 1 aromatic heterocycles. The number of benzene rings is 1. The fraction of sp³-hybridized carbons (Fsp3) is 0.167. The second-order valence-electron chi connectivity index (χ2n) is 3.79. The molecule has 0 saturated carbocycles. The normalized spacial score (nSPS) is 10.4. The summed E-state index contributed by atoms with van der Waals surface area (Å²) < 4.78 is 39.4. The number of anilines is 3. The molecule has 0 aliphatic heterocycles. The van der Waals surface area contributed by atoms with E-state index in [2.05, 4.69) is 20.6 Å². The smallest absolute Gasteiger partial charge is 0.196 e. The number of halogens is 3. The van der Waals surface area contributed by atoms with E-state index >= 15 is 0 Å². The molecule has 0 aliphatic rings. The zero-order valence-electron chi connectivity index (χ0n) is 10.3. The fourth-order valence-corrected chi connectivity index (χ4v) is 1.58. The van der Waals surface area contributed by atoms with E-state index in [-0.39, 0.29) is 5.69 Å². The number of aromatic nitrogens is 2. The lowest BCUT2D eigenvalue weighted by atomic mass is 10.2. The Labute approximate surface area is 107 Å². The summed E-state index contributed by atoms with van der Waals surface area (Å²) in [6.45, 7) is 1.71. The van der Waals surface area contributed by atoms with Crippen LogP contribution in [-0.2, 0) is 0 Å². The molecule has 2 rings (SSSR count). The van der Waals surface area contributed by atoms with Gasteiger partial charge in [0.05, 0.1) is 5.69 Å². The van der Waals surface area contributed by atoms with Crippen molar-refractivity contribution in [2.75, 3.05) is 17.7 Å². The highest BCUT2D eigenvalue weighted by Gasteiger charge is 2.15. The van der Waals surface area contributed by atoms with E-state index in [1.54, 1.807) is 14.0 Å². The molecule has 0 radical (unpaired) electrons. The number of nitrogens with zero attached hydrogens (tertiary/aromatic N) is 2. The predicted octanol–water partition coefficient (Wildman–Crippen LogP) is 2.99. The topological polar surface area (TPSA) is 49.8 Å². The van der Waals surface area contributed by atoms with Crippen molar-refractivity contribution in [1.82, 2.24) is 9.97 Å². The molecule has 4 nitrogen and oxygen atoms in total.